The van der Waals surface area contributed by atoms with Crippen LogP contribution < -0.4 is 0 Å². The molecule has 0 amide bonds. The molecule has 2 aliphatic carbocycles. The highest BCUT2D eigenvalue weighted by molar-refractivity contribution is 6.00. The first kappa shape index (κ1) is 35.9. The average Bonchev–Trinajstić information content (AvgIpc) is 2.88. The maximum atomic E-state index is 12.2. The van der Waals surface area contributed by atoms with Crippen LogP contribution >= 0.6 is 0 Å². The molecule has 0 fully saturated rings. The molecule has 3 heteroatoms. The van der Waals surface area contributed by atoms with Crippen molar-refractivity contribution in [3.8, 4) is 0 Å². The molecule has 2 unspecified atom stereocenters. The number of aliphatic hydroxyl groups is 2. The van der Waals surface area contributed by atoms with Crippen LogP contribution in [0.2, 0.25) is 0 Å². The van der Waals surface area contributed by atoms with Gasteiger partial charge in [-0.2, -0.15) is 0 Å². The molecule has 232 valence electrons. The highest BCUT2D eigenvalue weighted by Crippen LogP contribution is 2.41. The molecule has 0 aromatic rings. The molecule has 2 N–H and O–H groups in total. The van der Waals surface area contributed by atoms with Gasteiger partial charge in [-0.05, 0) is 88.4 Å². The van der Waals surface area contributed by atoms with Gasteiger partial charge in [0.2, 0.25) is 0 Å². The number of hydrogen-bond donors (Lipinski definition) is 2. The first-order valence-electron chi connectivity index (χ1n) is 15.4. The summed E-state index contributed by atoms with van der Waals surface area (Å²) in [6.45, 7) is 20.8. The first-order chi connectivity index (χ1) is 20.0. The van der Waals surface area contributed by atoms with Gasteiger partial charge < -0.3 is 10.2 Å². The van der Waals surface area contributed by atoms with Crippen LogP contribution in [-0.2, 0) is 4.79 Å². The van der Waals surface area contributed by atoms with E-state index in [0.29, 0.717) is 12.0 Å². The molecule has 0 spiro atoms. The lowest BCUT2D eigenvalue weighted by molar-refractivity contribution is -0.125. The van der Waals surface area contributed by atoms with Crippen LogP contribution in [0.4, 0.5) is 0 Å². The van der Waals surface area contributed by atoms with Gasteiger partial charge in [0, 0.05) is 0 Å². The Balaban J connectivity index is 1.93. The molecular weight excluding hydrogens is 528 g/mol. The van der Waals surface area contributed by atoms with Crippen LogP contribution in [0.5, 0.6) is 0 Å². The topological polar surface area (TPSA) is 57.5 Å². The van der Waals surface area contributed by atoms with E-state index in [-0.39, 0.29) is 22.7 Å². The van der Waals surface area contributed by atoms with Crippen LogP contribution in [0.25, 0.3) is 0 Å². The van der Waals surface area contributed by atoms with Crippen molar-refractivity contribution in [1.29, 1.82) is 0 Å². The Bertz CT molecular complexity index is 1370. The number of Topliss-reactive ketones (excluding diaryl/α,β-unsaturated/α-hetero) is 1. The predicted octanol–water partition coefficient (Wildman–Crippen LogP) is 9.73. The highest BCUT2D eigenvalue weighted by atomic mass is 16.3. The van der Waals surface area contributed by atoms with Gasteiger partial charge in [-0.15, -0.1) is 0 Å². The minimum atomic E-state index is -0.898. The Hall–Kier alpha value is -3.27. The van der Waals surface area contributed by atoms with Crippen LogP contribution in [0.3, 0.4) is 0 Å². The molecule has 0 bridgehead atoms. The van der Waals surface area contributed by atoms with E-state index in [4.69, 9.17) is 0 Å². The third-order valence-corrected chi connectivity index (χ3v) is 8.28. The summed E-state index contributed by atoms with van der Waals surface area (Å²) in [4.78, 5) is 12.2. The van der Waals surface area contributed by atoms with E-state index in [1.54, 1.807) is 0 Å². The second-order valence-electron chi connectivity index (χ2n) is 13.6. The summed E-state index contributed by atoms with van der Waals surface area (Å²) >= 11 is 0. The van der Waals surface area contributed by atoms with Crippen molar-refractivity contribution in [3.05, 3.63) is 130 Å². The number of hydrogen-bond acceptors (Lipinski definition) is 3. The number of ketones is 1. The van der Waals surface area contributed by atoms with Crippen molar-refractivity contribution in [2.45, 2.75) is 101 Å². The summed E-state index contributed by atoms with van der Waals surface area (Å²) in [5.74, 6) is -0.166. The van der Waals surface area contributed by atoms with Gasteiger partial charge in [0.1, 0.15) is 6.10 Å². The van der Waals surface area contributed by atoms with Gasteiger partial charge in [0.05, 0.1) is 6.10 Å². The summed E-state index contributed by atoms with van der Waals surface area (Å²) < 4.78 is 0. The third-order valence-electron chi connectivity index (χ3n) is 8.28. The van der Waals surface area contributed by atoms with Crippen molar-refractivity contribution >= 4 is 5.78 Å². The molecule has 0 radical (unpaired) electrons. The van der Waals surface area contributed by atoms with Crippen LogP contribution in [-0.4, -0.2) is 28.2 Å². The van der Waals surface area contributed by atoms with E-state index >= 15 is 0 Å². The quantitative estimate of drug-likeness (QED) is 0.252. The van der Waals surface area contributed by atoms with E-state index in [9.17, 15) is 15.0 Å². The molecule has 0 aromatic carbocycles. The normalized spacial score (nSPS) is 24.8. The lowest BCUT2D eigenvalue weighted by atomic mass is 9.71. The zero-order valence-electron chi connectivity index (χ0n) is 28.2. The third kappa shape index (κ3) is 11.4. The first-order valence-corrected chi connectivity index (χ1v) is 15.4. The molecular formula is C40H54O3. The lowest BCUT2D eigenvalue weighted by Gasteiger charge is -2.35. The molecule has 0 saturated carbocycles. The predicted molar refractivity (Wildman–Crippen MR) is 185 cm³/mol. The number of allylic oxidation sites excluding steroid dienone is 20. The number of carbonyl (C=O) groups is 1. The minimum absolute atomic E-state index is 0.00483. The monoisotopic (exact) mass is 582 g/mol. The second-order valence-corrected chi connectivity index (χ2v) is 13.6. The standard InChI is InChI=1S/C40H54O3/c1-28(17-13-19-30(3)21-23-35-32(5)25-34(41)26-39(35,7)8)15-11-12-16-29(2)18-14-20-31(4)22-24-36-33(6)38(43)37(42)27-40(36,9)10/h11-24,34,37,41-42H,25-27H2,1-10H3. The summed E-state index contributed by atoms with van der Waals surface area (Å²) in [5, 5.41) is 20.1. The van der Waals surface area contributed by atoms with Gasteiger partial charge in [0.15, 0.2) is 5.78 Å². The molecule has 2 rings (SSSR count). The summed E-state index contributed by atoms with van der Waals surface area (Å²) in [6, 6.07) is 0. The molecule has 2 atom stereocenters. The van der Waals surface area contributed by atoms with Crippen molar-refractivity contribution in [2.24, 2.45) is 10.8 Å². The van der Waals surface area contributed by atoms with E-state index < -0.39 is 6.10 Å². The molecule has 0 heterocycles. The maximum Gasteiger partial charge on any atom is 0.187 e. The fourth-order valence-corrected chi connectivity index (χ4v) is 5.88. The zero-order valence-corrected chi connectivity index (χ0v) is 28.2. The van der Waals surface area contributed by atoms with Crippen molar-refractivity contribution in [1.82, 2.24) is 0 Å². The van der Waals surface area contributed by atoms with E-state index in [2.05, 4.69) is 110 Å². The van der Waals surface area contributed by atoms with Gasteiger partial charge in [-0.3, -0.25) is 4.79 Å². The number of aliphatic hydroxyl groups excluding tert-OH is 2. The Kier molecular flexibility index (Phi) is 13.4. The second kappa shape index (κ2) is 16.0. The van der Waals surface area contributed by atoms with Gasteiger partial charge in [-0.1, -0.05) is 141 Å². The highest BCUT2D eigenvalue weighted by Gasteiger charge is 2.36. The fourth-order valence-electron chi connectivity index (χ4n) is 5.88. The number of carbonyl (C=O) groups excluding carboxylic acids is 1. The van der Waals surface area contributed by atoms with Crippen LogP contribution in [0.1, 0.15) is 88.5 Å². The summed E-state index contributed by atoms with van der Waals surface area (Å²) in [6.07, 6.45) is 30.0. The minimum Gasteiger partial charge on any atom is -0.393 e. The molecule has 0 aliphatic heterocycles. The maximum absolute atomic E-state index is 12.2. The van der Waals surface area contributed by atoms with E-state index in [1.807, 2.05) is 44.2 Å². The SMILES string of the molecule is CC(C=CC=C(C)C=CC1=C(C)CC(O)CC1(C)C)=CC=CC=C(C)C=CC=C(C)C=CC1=C(C)C(=O)C(O)CC1(C)C. The Morgan fingerprint density at radius 1 is 0.651 bits per heavy atom. The Morgan fingerprint density at radius 2 is 1.07 bits per heavy atom. The Labute approximate surface area is 261 Å². The molecule has 0 aromatic heterocycles. The largest absolute Gasteiger partial charge is 0.393 e. The van der Waals surface area contributed by atoms with E-state index in [1.165, 1.54) is 22.3 Å². The average molecular weight is 583 g/mol. The van der Waals surface area contributed by atoms with Gasteiger partial charge in [0.25, 0.3) is 0 Å². The van der Waals surface area contributed by atoms with Crippen LogP contribution in [0, 0.1) is 10.8 Å². The lowest BCUT2D eigenvalue weighted by Crippen LogP contribution is -2.35. The molecule has 3 nitrogen and oxygen atoms in total. The zero-order chi connectivity index (χ0) is 32.4. The Morgan fingerprint density at radius 3 is 1.56 bits per heavy atom. The van der Waals surface area contributed by atoms with Crippen molar-refractivity contribution in [3.63, 3.8) is 0 Å². The molecule has 0 saturated heterocycles. The summed E-state index contributed by atoms with van der Waals surface area (Å²) in [5.41, 5.74) is 8.61. The van der Waals surface area contributed by atoms with Gasteiger partial charge >= 0.3 is 0 Å². The van der Waals surface area contributed by atoms with Gasteiger partial charge in [-0.25, -0.2) is 0 Å². The van der Waals surface area contributed by atoms with E-state index in [0.717, 1.165) is 29.6 Å². The van der Waals surface area contributed by atoms with Crippen LogP contribution in [0.15, 0.2) is 130 Å². The molecule has 2 aliphatic rings. The number of rotatable bonds is 10. The van der Waals surface area contributed by atoms with Crippen molar-refractivity contribution in [2.75, 3.05) is 0 Å². The fraction of sp³-hybridized carbons (Fsp3) is 0.425. The summed E-state index contributed by atoms with van der Waals surface area (Å²) in [7, 11) is 0. The smallest absolute Gasteiger partial charge is 0.187 e. The van der Waals surface area contributed by atoms with Crippen molar-refractivity contribution < 1.29 is 15.0 Å². The molecule has 43 heavy (non-hydrogen) atoms.